The second-order valence-electron chi connectivity index (χ2n) is 6.01. The minimum absolute atomic E-state index is 0.165. The number of nitrogens with zero attached hydrogens (tertiary/aromatic N) is 1. The van der Waals surface area contributed by atoms with Gasteiger partial charge in [0.25, 0.3) is 0 Å². The Balaban J connectivity index is 1.95. The van der Waals surface area contributed by atoms with Crippen molar-refractivity contribution < 1.29 is 8.42 Å². The Bertz CT molecular complexity index is 363. The van der Waals surface area contributed by atoms with Crippen molar-refractivity contribution in [3.63, 3.8) is 0 Å². The van der Waals surface area contributed by atoms with Crippen LogP contribution in [0.2, 0.25) is 0 Å². The molecule has 0 aromatic carbocycles. The smallest absolute Gasteiger partial charge is 0.215 e. The summed E-state index contributed by atoms with van der Waals surface area (Å²) >= 11 is 0. The third-order valence-corrected chi connectivity index (χ3v) is 6.44. The lowest BCUT2D eigenvalue weighted by molar-refractivity contribution is 0.238. The topological polar surface area (TPSA) is 49.4 Å². The first-order valence-electron chi connectivity index (χ1n) is 7.18. The van der Waals surface area contributed by atoms with Crippen LogP contribution in [0.15, 0.2) is 0 Å². The molecule has 3 unspecified atom stereocenters. The van der Waals surface area contributed by atoms with Gasteiger partial charge in [-0.2, -0.15) is 0 Å². The van der Waals surface area contributed by atoms with Crippen molar-refractivity contribution in [2.45, 2.75) is 57.5 Å². The van der Waals surface area contributed by atoms with Crippen molar-refractivity contribution in [1.29, 1.82) is 0 Å². The van der Waals surface area contributed by atoms with Gasteiger partial charge in [-0.25, -0.2) is 12.7 Å². The maximum absolute atomic E-state index is 12.4. The van der Waals surface area contributed by atoms with Crippen molar-refractivity contribution in [2.24, 2.45) is 5.92 Å². The third kappa shape index (κ3) is 3.45. The van der Waals surface area contributed by atoms with E-state index in [-0.39, 0.29) is 17.8 Å². The van der Waals surface area contributed by atoms with Crippen molar-refractivity contribution in [2.75, 3.05) is 19.3 Å². The van der Waals surface area contributed by atoms with Crippen molar-refractivity contribution in [1.82, 2.24) is 9.62 Å². The van der Waals surface area contributed by atoms with Gasteiger partial charge < -0.3 is 5.32 Å². The standard InChI is InChI=1S/C13H26N2O2S/c1-11-5-3-7-13(9-11)15(2)18(16,17)10-12-6-4-8-14-12/h11-14H,3-10H2,1-2H3. The zero-order chi connectivity index (χ0) is 13.2. The Morgan fingerprint density at radius 1 is 1.22 bits per heavy atom. The average Bonchev–Trinajstić information content (AvgIpc) is 2.80. The molecule has 4 nitrogen and oxygen atoms in total. The first kappa shape index (κ1) is 14.3. The Hall–Kier alpha value is -0.130. The molecule has 2 rings (SSSR count). The van der Waals surface area contributed by atoms with Gasteiger partial charge in [0.15, 0.2) is 0 Å². The van der Waals surface area contributed by atoms with E-state index >= 15 is 0 Å². The minimum Gasteiger partial charge on any atom is -0.313 e. The van der Waals surface area contributed by atoms with E-state index < -0.39 is 10.0 Å². The summed E-state index contributed by atoms with van der Waals surface area (Å²) in [7, 11) is -1.33. The highest BCUT2D eigenvalue weighted by molar-refractivity contribution is 7.89. The molecule has 18 heavy (non-hydrogen) atoms. The number of sulfonamides is 1. The molecule has 1 saturated heterocycles. The van der Waals surface area contributed by atoms with Gasteiger partial charge in [-0.1, -0.05) is 19.8 Å². The molecular formula is C13H26N2O2S. The summed E-state index contributed by atoms with van der Waals surface area (Å²) < 4.78 is 26.4. The summed E-state index contributed by atoms with van der Waals surface area (Å²) in [5.41, 5.74) is 0. The average molecular weight is 274 g/mol. The fraction of sp³-hybridized carbons (Fsp3) is 1.00. The second kappa shape index (κ2) is 5.88. The summed E-state index contributed by atoms with van der Waals surface area (Å²) in [5, 5.41) is 3.27. The fourth-order valence-electron chi connectivity index (χ4n) is 3.23. The molecule has 1 aliphatic carbocycles. The van der Waals surface area contributed by atoms with E-state index in [2.05, 4.69) is 12.2 Å². The Morgan fingerprint density at radius 3 is 2.61 bits per heavy atom. The lowest BCUT2D eigenvalue weighted by Crippen LogP contribution is -2.44. The fourth-order valence-corrected chi connectivity index (χ4v) is 4.90. The maximum atomic E-state index is 12.4. The molecule has 1 aliphatic heterocycles. The van der Waals surface area contributed by atoms with Gasteiger partial charge in [0.1, 0.15) is 0 Å². The maximum Gasteiger partial charge on any atom is 0.215 e. The summed E-state index contributed by atoms with van der Waals surface area (Å²) in [6, 6.07) is 0.388. The van der Waals surface area contributed by atoms with Crippen molar-refractivity contribution in [3.8, 4) is 0 Å². The highest BCUT2D eigenvalue weighted by Crippen LogP contribution is 2.28. The van der Waals surface area contributed by atoms with Crippen LogP contribution in [-0.4, -0.2) is 44.2 Å². The monoisotopic (exact) mass is 274 g/mol. The van der Waals surface area contributed by atoms with Gasteiger partial charge >= 0.3 is 0 Å². The van der Waals surface area contributed by atoms with Gasteiger partial charge in [0.2, 0.25) is 10.0 Å². The van der Waals surface area contributed by atoms with Gasteiger partial charge in [0.05, 0.1) is 5.75 Å². The van der Waals surface area contributed by atoms with E-state index in [1.165, 1.54) is 6.42 Å². The minimum atomic E-state index is -3.10. The molecule has 3 atom stereocenters. The quantitative estimate of drug-likeness (QED) is 0.847. The van der Waals surface area contributed by atoms with Gasteiger partial charge in [-0.15, -0.1) is 0 Å². The molecule has 0 amide bonds. The Labute approximate surface area is 111 Å². The van der Waals surface area contributed by atoms with Crippen LogP contribution in [-0.2, 0) is 10.0 Å². The van der Waals surface area contributed by atoms with Gasteiger partial charge in [-0.3, -0.25) is 0 Å². The molecule has 0 spiro atoms. The van der Waals surface area contributed by atoms with Crippen LogP contribution in [0, 0.1) is 5.92 Å². The summed E-state index contributed by atoms with van der Waals surface area (Å²) in [4.78, 5) is 0. The molecule has 0 aromatic rings. The molecule has 2 aliphatic rings. The highest BCUT2D eigenvalue weighted by Gasteiger charge is 2.32. The first-order valence-corrected chi connectivity index (χ1v) is 8.79. The van der Waals surface area contributed by atoms with E-state index in [1.807, 2.05) is 0 Å². The lowest BCUT2D eigenvalue weighted by atomic mass is 9.87. The summed E-state index contributed by atoms with van der Waals surface area (Å²) in [6.07, 6.45) is 6.55. The predicted molar refractivity (Wildman–Crippen MR) is 74.0 cm³/mol. The third-order valence-electron chi connectivity index (χ3n) is 4.44. The van der Waals surface area contributed by atoms with Crippen molar-refractivity contribution >= 4 is 10.0 Å². The van der Waals surface area contributed by atoms with Crippen LogP contribution in [0.1, 0.15) is 45.4 Å². The highest BCUT2D eigenvalue weighted by atomic mass is 32.2. The number of nitrogens with one attached hydrogen (secondary N) is 1. The Morgan fingerprint density at radius 2 is 2.00 bits per heavy atom. The summed E-state index contributed by atoms with van der Waals surface area (Å²) in [6.45, 7) is 3.19. The zero-order valence-electron chi connectivity index (χ0n) is 11.6. The SMILES string of the molecule is CC1CCCC(N(C)S(=O)(=O)CC2CCCN2)C1. The molecule has 1 saturated carbocycles. The number of hydrogen-bond acceptors (Lipinski definition) is 3. The van der Waals surface area contributed by atoms with Crippen LogP contribution < -0.4 is 5.32 Å². The van der Waals surface area contributed by atoms with Crippen molar-refractivity contribution in [3.05, 3.63) is 0 Å². The van der Waals surface area contributed by atoms with Crippen LogP contribution in [0.3, 0.4) is 0 Å². The second-order valence-corrected chi connectivity index (χ2v) is 8.09. The number of rotatable bonds is 4. The zero-order valence-corrected chi connectivity index (χ0v) is 12.4. The number of hydrogen-bond donors (Lipinski definition) is 1. The van der Waals surface area contributed by atoms with E-state index in [9.17, 15) is 8.42 Å². The van der Waals surface area contributed by atoms with E-state index in [1.54, 1.807) is 11.4 Å². The first-order chi connectivity index (χ1) is 8.49. The van der Waals surface area contributed by atoms with Crippen LogP contribution in [0.5, 0.6) is 0 Å². The molecule has 0 bridgehead atoms. The molecule has 1 N–H and O–H groups in total. The lowest BCUT2D eigenvalue weighted by Gasteiger charge is -2.33. The van der Waals surface area contributed by atoms with Crippen LogP contribution in [0.4, 0.5) is 0 Å². The molecular weight excluding hydrogens is 248 g/mol. The molecule has 106 valence electrons. The van der Waals surface area contributed by atoms with E-state index in [4.69, 9.17) is 0 Å². The molecule has 5 heteroatoms. The van der Waals surface area contributed by atoms with E-state index in [0.29, 0.717) is 5.92 Å². The normalized spacial score (nSPS) is 34.1. The largest absolute Gasteiger partial charge is 0.313 e. The molecule has 2 fully saturated rings. The van der Waals surface area contributed by atoms with Crippen LogP contribution in [0.25, 0.3) is 0 Å². The van der Waals surface area contributed by atoms with Gasteiger partial charge in [-0.05, 0) is 38.1 Å². The molecule has 1 heterocycles. The molecule has 0 radical (unpaired) electrons. The van der Waals surface area contributed by atoms with Gasteiger partial charge in [0, 0.05) is 19.1 Å². The van der Waals surface area contributed by atoms with E-state index in [0.717, 1.165) is 38.6 Å². The predicted octanol–water partition coefficient (Wildman–Crippen LogP) is 1.58. The molecule has 0 aromatic heterocycles. The van der Waals surface area contributed by atoms with Crippen LogP contribution >= 0.6 is 0 Å². The Kier molecular flexibility index (Phi) is 4.67. The summed E-state index contributed by atoms with van der Waals surface area (Å²) in [5.74, 6) is 0.931.